The lowest BCUT2D eigenvalue weighted by Crippen LogP contribution is -2.02. The van der Waals surface area contributed by atoms with E-state index in [1.165, 1.54) is 10.8 Å². The van der Waals surface area contributed by atoms with Gasteiger partial charge >= 0.3 is 0 Å². The summed E-state index contributed by atoms with van der Waals surface area (Å²) in [5.41, 5.74) is 7.91. The van der Waals surface area contributed by atoms with Gasteiger partial charge in [-0.25, -0.2) is 0 Å². The van der Waals surface area contributed by atoms with Crippen LogP contribution >= 0.6 is 31.9 Å². The molecule has 4 aromatic rings. The fourth-order valence-corrected chi connectivity index (χ4v) is 5.21. The molecule has 0 saturated carbocycles. The topological polar surface area (TPSA) is 17.1 Å². The molecular weight excluding hydrogens is 500 g/mol. The molecule has 0 atom stereocenters. The van der Waals surface area contributed by atoms with Gasteiger partial charge in [-0.3, -0.25) is 4.79 Å². The maximum absolute atomic E-state index is 13.9. The van der Waals surface area contributed by atoms with Crippen LogP contribution < -0.4 is 0 Å². The molecule has 2 aliphatic carbocycles. The van der Waals surface area contributed by atoms with E-state index in [1.54, 1.807) is 0 Å². The van der Waals surface area contributed by atoms with Crippen molar-refractivity contribution in [3.63, 3.8) is 0 Å². The highest BCUT2D eigenvalue weighted by atomic mass is 79.9. The van der Waals surface area contributed by atoms with Crippen LogP contribution in [0.5, 0.6) is 0 Å². The van der Waals surface area contributed by atoms with Gasteiger partial charge in [-0.1, -0.05) is 92.5 Å². The maximum Gasteiger partial charge on any atom is 0.195 e. The van der Waals surface area contributed by atoms with E-state index in [-0.39, 0.29) is 5.78 Å². The van der Waals surface area contributed by atoms with Gasteiger partial charge < -0.3 is 0 Å². The van der Waals surface area contributed by atoms with Crippen LogP contribution in [0, 0.1) is 0 Å². The second kappa shape index (κ2) is 6.63. The summed E-state index contributed by atoms with van der Waals surface area (Å²) in [4.78, 5) is 13.9. The highest BCUT2D eigenvalue weighted by molar-refractivity contribution is 9.10. The van der Waals surface area contributed by atoms with E-state index >= 15 is 0 Å². The number of hydrogen-bond acceptors (Lipinski definition) is 1. The number of ketones is 1. The van der Waals surface area contributed by atoms with E-state index in [1.807, 2.05) is 48.5 Å². The van der Waals surface area contributed by atoms with Gasteiger partial charge in [0, 0.05) is 31.2 Å². The quantitative estimate of drug-likeness (QED) is 0.267. The third-order valence-electron chi connectivity index (χ3n) is 5.91. The maximum atomic E-state index is 13.9. The molecule has 0 fully saturated rings. The first kappa shape index (κ1) is 18.1. The zero-order valence-electron chi connectivity index (χ0n) is 15.7. The Kier molecular flexibility index (Phi) is 3.99. The van der Waals surface area contributed by atoms with Crippen molar-refractivity contribution in [2.75, 3.05) is 0 Å². The first-order chi connectivity index (χ1) is 14.6. The van der Waals surface area contributed by atoms with Gasteiger partial charge in [0.2, 0.25) is 0 Å². The molecule has 0 heterocycles. The van der Waals surface area contributed by atoms with Gasteiger partial charge in [0.05, 0.1) is 0 Å². The number of rotatable bonds is 2. The predicted molar refractivity (Wildman–Crippen MR) is 131 cm³/mol. The Labute approximate surface area is 191 Å². The van der Waals surface area contributed by atoms with Gasteiger partial charge in [-0.2, -0.15) is 0 Å². The molecule has 0 aromatic heterocycles. The Balaban J connectivity index is 1.73. The van der Waals surface area contributed by atoms with Crippen molar-refractivity contribution in [3.8, 4) is 0 Å². The lowest BCUT2D eigenvalue weighted by Gasteiger charge is -2.09. The molecule has 0 N–H and O–H groups in total. The summed E-state index contributed by atoms with van der Waals surface area (Å²) in [6.45, 7) is 0. The lowest BCUT2D eigenvalue weighted by molar-refractivity contribution is -0.108. The average Bonchev–Trinajstić information content (AvgIpc) is 3.23. The minimum absolute atomic E-state index is 0.0937. The van der Waals surface area contributed by atoms with Gasteiger partial charge in [0.15, 0.2) is 5.78 Å². The minimum Gasteiger partial charge on any atom is -0.289 e. The van der Waals surface area contributed by atoms with Crippen LogP contribution in [0.25, 0.3) is 33.1 Å². The molecule has 1 nitrogen and oxygen atoms in total. The van der Waals surface area contributed by atoms with Crippen molar-refractivity contribution in [2.24, 2.45) is 0 Å². The lowest BCUT2D eigenvalue weighted by atomic mass is 9.93. The molecule has 0 aliphatic heterocycles. The largest absolute Gasteiger partial charge is 0.289 e. The number of allylic oxidation sites excluding steroid dienone is 4. The van der Waals surface area contributed by atoms with Crippen LogP contribution in [0.2, 0.25) is 0 Å². The SMILES string of the molecule is O=C1C(c2ccc(Br)cc2)=C2C(=C1c1ccc(Br)cc1)c1cccc3cccc2c13. The fourth-order valence-electron chi connectivity index (χ4n) is 4.68. The van der Waals surface area contributed by atoms with Crippen LogP contribution in [0.4, 0.5) is 0 Å². The first-order valence-electron chi connectivity index (χ1n) is 9.71. The second-order valence-electron chi connectivity index (χ2n) is 7.55. The van der Waals surface area contributed by atoms with Crippen molar-refractivity contribution in [1.82, 2.24) is 0 Å². The number of carbonyl (C=O) groups is 1. The third kappa shape index (κ3) is 2.49. The van der Waals surface area contributed by atoms with Crippen LogP contribution in [0.1, 0.15) is 22.3 Å². The van der Waals surface area contributed by atoms with E-state index in [0.717, 1.165) is 53.5 Å². The number of halogens is 2. The molecule has 30 heavy (non-hydrogen) atoms. The Bertz CT molecular complexity index is 1330. The molecule has 0 unspecified atom stereocenters. The van der Waals surface area contributed by atoms with Gasteiger partial charge in [0.1, 0.15) is 0 Å². The number of hydrogen-bond donors (Lipinski definition) is 0. The number of benzene rings is 4. The predicted octanol–water partition coefficient (Wildman–Crippen LogP) is 7.78. The minimum atomic E-state index is 0.0937. The van der Waals surface area contributed by atoms with E-state index in [4.69, 9.17) is 0 Å². The van der Waals surface area contributed by atoms with E-state index < -0.39 is 0 Å². The summed E-state index contributed by atoms with van der Waals surface area (Å²) in [5.74, 6) is 0.0937. The van der Waals surface area contributed by atoms with Crippen LogP contribution in [-0.4, -0.2) is 5.78 Å². The number of Topliss-reactive ketones (excluding diaryl/α,β-unsaturated/α-hetero) is 1. The van der Waals surface area contributed by atoms with Crippen molar-refractivity contribution in [2.45, 2.75) is 0 Å². The van der Waals surface area contributed by atoms with Crippen LogP contribution in [0.3, 0.4) is 0 Å². The summed E-state index contributed by atoms with van der Waals surface area (Å²) in [6.07, 6.45) is 0. The molecule has 0 amide bonds. The Morgan fingerprint density at radius 1 is 0.500 bits per heavy atom. The summed E-state index contributed by atoms with van der Waals surface area (Å²) in [5, 5.41) is 2.44. The molecule has 0 radical (unpaired) electrons. The van der Waals surface area contributed by atoms with Crippen LogP contribution in [-0.2, 0) is 4.79 Å². The van der Waals surface area contributed by atoms with Gasteiger partial charge in [-0.15, -0.1) is 0 Å². The summed E-state index contributed by atoms with van der Waals surface area (Å²) >= 11 is 7.02. The zero-order valence-corrected chi connectivity index (χ0v) is 18.9. The zero-order chi connectivity index (χ0) is 20.4. The third-order valence-corrected chi connectivity index (χ3v) is 6.97. The summed E-state index contributed by atoms with van der Waals surface area (Å²) < 4.78 is 2.00. The number of fused-ring (bicyclic) bond motifs is 3. The molecule has 142 valence electrons. The highest BCUT2D eigenvalue weighted by Crippen LogP contribution is 2.56. The normalized spacial score (nSPS) is 14.8. The van der Waals surface area contributed by atoms with E-state index in [2.05, 4.69) is 68.3 Å². The van der Waals surface area contributed by atoms with Crippen molar-refractivity contribution in [1.29, 1.82) is 0 Å². The standard InChI is InChI=1S/C27H14Br2O/c28-18-11-7-16(8-12-18)23-25-20-5-1-3-15-4-2-6-21(22(15)20)26(25)24(27(23)30)17-9-13-19(29)14-10-17/h1-14H. The Hall–Kier alpha value is -2.75. The fraction of sp³-hybridized carbons (Fsp3) is 0. The van der Waals surface area contributed by atoms with Crippen molar-refractivity contribution < 1.29 is 4.79 Å². The monoisotopic (exact) mass is 512 g/mol. The number of carbonyl (C=O) groups excluding carboxylic acids is 1. The molecule has 6 rings (SSSR count). The van der Waals surface area contributed by atoms with Gasteiger partial charge in [0.25, 0.3) is 0 Å². The molecule has 0 bridgehead atoms. The van der Waals surface area contributed by atoms with E-state index in [0.29, 0.717) is 0 Å². The van der Waals surface area contributed by atoms with Gasteiger partial charge in [-0.05, 0) is 57.3 Å². The molecule has 0 saturated heterocycles. The average molecular weight is 514 g/mol. The van der Waals surface area contributed by atoms with Crippen molar-refractivity contribution >= 4 is 70.7 Å². The molecule has 2 aliphatic rings. The van der Waals surface area contributed by atoms with E-state index in [9.17, 15) is 4.79 Å². The highest BCUT2D eigenvalue weighted by Gasteiger charge is 2.39. The van der Waals surface area contributed by atoms with Crippen LogP contribution in [0.15, 0.2) is 93.9 Å². The molecule has 0 spiro atoms. The Morgan fingerprint density at radius 3 is 1.37 bits per heavy atom. The Morgan fingerprint density at radius 2 is 0.933 bits per heavy atom. The summed E-state index contributed by atoms with van der Waals surface area (Å²) in [6, 6.07) is 28.8. The molecule has 4 aromatic carbocycles. The smallest absolute Gasteiger partial charge is 0.195 e. The molecular formula is C27H14Br2O. The van der Waals surface area contributed by atoms with Crippen molar-refractivity contribution in [3.05, 3.63) is 116 Å². The molecule has 3 heteroatoms. The second-order valence-corrected chi connectivity index (χ2v) is 9.38. The summed E-state index contributed by atoms with van der Waals surface area (Å²) in [7, 11) is 0. The first-order valence-corrected chi connectivity index (χ1v) is 11.3.